The number of anilines is 1. The topological polar surface area (TPSA) is 61.4 Å². The van der Waals surface area contributed by atoms with E-state index in [9.17, 15) is 9.59 Å². The van der Waals surface area contributed by atoms with E-state index >= 15 is 0 Å². The molecule has 7 heteroatoms. The lowest BCUT2D eigenvalue weighted by molar-refractivity contribution is -0.114. The van der Waals surface area contributed by atoms with Crippen LogP contribution < -0.4 is 10.6 Å². The number of carbonyl (C=O) groups is 2. The van der Waals surface area contributed by atoms with Gasteiger partial charge >= 0.3 is 0 Å². The molecule has 5 rings (SSSR count). The number of fused-ring (bicyclic) bond motifs is 3. The molecule has 148 valence electrons. The Hall–Kier alpha value is -1.83. The second-order valence-electron chi connectivity index (χ2n) is 7.51. The van der Waals surface area contributed by atoms with Crippen LogP contribution in [0.4, 0.5) is 5.69 Å². The predicted octanol–water partition coefficient (Wildman–Crippen LogP) is 4.07. The van der Waals surface area contributed by atoms with Crippen LogP contribution in [0.3, 0.4) is 0 Å². The summed E-state index contributed by atoms with van der Waals surface area (Å²) in [6.45, 7) is 6.05. The highest BCUT2D eigenvalue weighted by Gasteiger charge is 2.40. The van der Waals surface area contributed by atoms with E-state index in [2.05, 4.69) is 22.5 Å². The number of piperidine rings is 3. The first kappa shape index (κ1) is 19.5. The lowest BCUT2D eigenvalue weighted by Crippen LogP contribution is -2.62. The van der Waals surface area contributed by atoms with Gasteiger partial charge in [0.2, 0.25) is 5.91 Å². The van der Waals surface area contributed by atoms with Gasteiger partial charge in [0.05, 0.1) is 14.8 Å². The maximum Gasteiger partial charge on any atom is 0.261 e. The Labute approximate surface area is 173 Å². The Morgan fingerprint density at radius 3 is 2.61 bits per heavy atom. The van der Waals surface area contributed by atoms with Gasteiger partial charge in [-0.3, -0.25) is 14.5 Å². The van der Waals surface area contributed by atoms with Crippen molar-refractivity contribution in [2.45, 2.75) is 47.9 Å². The molecule has 3 saturated heterocycles. The standard InChI is InChI=1S/C21H25N3O2S2/c1-13-20(15-9-11-24(13)12-10-15)23-21(26)18-7-8-19(28-18)27-17-6-4-3-5-16(17)22-14(2)25/h3-8,13,15,20H,9-12H2,1-2H3,(H,22,25)(H,23,26). The average Bonchev–Trinajstić information content (AvgIpc) is 3.15. The van der Waals surface area contributed by atoms with E-state index in [0.29, 0.717) is 12.0 Å². The minimum Gasteiger partial charge on any atom is -0.347 e. The smallest absolute Gasteiger partial charge is 0.261 e. The highest BCUT2D eigenvalue weighted by Crippen LogP contribution is 2.38. The van der Waals surface area contributed by atoms with Gasteiger partial charge in [0.1, 0.15) is 0 Å². The van der Waals surface area contributed by atoms with Crippen LogP contribution in [0.15, 0.2) is 45.5 Å². The second-order valence-corrected chi connectivity index (χ2v) is 9.94. The Morgan fingerprint density at radius 2 is 1.89 bits per heavy atom. The van der Waals surface area contributed by atoms with Gasteiger partial charge in [-0.1, -0.05) is 23.9 Å². The normalized spacial score (nSPS) is 26.1. The van der Waals surface area contributed by atoms with Gasteiger partial charge in [-0.2, -0.15) is 0 Å². The lowest BCUT2D eigenvalue weighted by Gasteiger charge is -2.49. The van der Waals surface area contributed by atoms with Gasteiger partial charge in [0, 0.05) is 23.9 Å². The Morgan fingerprint density at radius 1 is 1.14 bits per heavy atom. The van der Waals surface area contributed by atoms with Crippen molar-refractivity contribution < 1.29 is 9.59 Å². The number of thiophene rings is 1. The maximum atomic E-state index is 12.8. The second kappa shape index (κ2) is 8.27. The summed E-state index contributed by atoms with van der Waals surface area (Å²) in [5.74, 6) is 0.533. The van der Waals surface area contributed by atoms with Crippen molar-refractivity contribution in [1.29, 1.82) is 0 Å². The Kier molecular flexibility index (Phi) is 5.75. The summed E-state index contributed by atoms with van der Waals surface area (Å²) in [4.78, 5) is 28.4. The molecule has 3 aliphatic rings. The van der Waals surface area contributed by atoms with Crippen molar-refractivity contribution in [2.24, 2.45) is 5.92 Å². The monoisotopic (exact) mass is 415 g/mol. The minimum atomic E-state index is -0.0917. The first-order chi connectivity index (χ1) is 13.5. The van der Waals surface area contributed by atoms with Crippen molar-refractivity contribution in [1.82, 2.24) is 10.2 Å². The summed E-state index contributed by atoms with van der Waals surface area (Å²) in [6, 6.07) is 12.2. The molecule has 2 amide bonds. The van der Waals surface area contributed by atoms with E-state index in [4.69, 9.17) is 0 Å². The van der Waals surface area contributed by atoms with Crippen molar-refractivity contribution in [3.05, 3.63) is 41.3 Å². The SMILES string of the molecule is CC(=O)Nc1ccccc1Sc1ccc(C(=O)NC2C3CCN(CC3)C2C)s1. The lowest BCUT2D eigenvalue weighted by atomic mass is 9.79. The molecule has 28 heavy (non-hydrogen) atoms. The van der Waals surface area contributed by atoms with Crippen molar-refractivity contribution >= 4 is 40.6 Å². The third-order valence-electron chi connectivity index (χ3n) is 5.69. The number of nitrogens with zero attached hydrogens (tertiary/aromatic N) is 1. The molecule has 0 spiro atoms. The maximum absolute atomic E-state index is 12.8. The van der Waals surface area contributed by atoms with Gasteiger partial charge in [-0.05, 0) is 63.0 Å². The fourth-order valence-electron chi connectivity index (χ4n) is 4.22. The van der Waals surface area contributed by atoms with E-state index < -0.39 is 0 Å². The van der Waals surface area contributed by atoms with Crippen LogP contribution >= 0.6 is 23.1 Å². The summed E-state index contributed by atoms with van der Waals surface area (Å²) in [5.41, 5.74) is 0.792. The number of hydrogen-bond acceptors (Lipinski definition) is 5. The van der Waals surface area contributed by atoms with E-state index in [1.54, 1.807) is 11.8 Å². The molecule has 2 unspecified atom stereocenters. The zero-order valence-electron chi connectivity index (χ0n) is 16.1. The van der Waals surface area contributed by atoms with Crippen molar-refractivity contribution in [3.8, 4) is 0 Å². The number of amides is 2. The van der Waals surface area contributed by atoms with E-state index in [0.717, 1.165) is 32.8 Å². The molecular weight excluding hydrogens is 390 g/mol. The summed E-state index contributed by atoms with van der Waals surface area (Å²) in [6.07, 6.45) is 2.36. The third kappa shape index (κ3) is 4.11. The fraction of sp³-hybridized carbons (Fsp3) is 0.429. The largest absolute Gasteiger partial charge is 0.347 e. The summed E-state index contributed by atoms with van der Waals surface area (Å²) in [5, 5.41) is 6.15. The highest BCUT2D eigenvalue weighted by molar-refractivity contribution is 8.01. The number of benzene rings is 1. The Bertz CT molecular complexity index is 872. The average molecular weight is 416 g/mol. The molecule has 0 saturated carbocycles. The molecule has 3 aliphatic heterocycles. The predicted molar refractivity (Wildman–Crippen MR) is 114 cm³/mol. The van der Waals surface area contributed by atoms with Crippen LogP contribution in [0.2, 0.25) is 0 Å². The molecule has 5 nitrogen and oxygen atoms in total. The number of nitrogens with one attached hydrogen (secondary N) is 2. The number of rotatable bonds is 5. The molecule has 4 heterocycles. The minimum absolute atomic E-state index is 0.0256. The van der Waals surface area contributed by atoms with Crippen LogP contribution in [0.5, 0.6) is 0 Å². The summed E-state index contributed by atoms with van der Waals surface area (Å²) in [7, 11) is 0. The van der Waals surface area contributed by atoms with E-state index in [1.807, 2.05) is 36.4 Å². The quantitative estimate of drug-likeness (QED) is 0.773. The van der Waals surface area contributed by atoms with Crippen LogP contribution in [0, 0.1) is 5.92 Å². The van der Waals surface area contributed by atoms with Crippen LogP contribution in [0.1, 0.15) is 36.4 Å². The number of hydrogen-bond donors (Lipinski definition) is 2. The van der Waals surface area contributed by atoms with Crippen LogP contribution in [0.25, 0.3) is 0 Å². The molecule has 3 fully saturated rings. The molecule has 0 aliphatic carbocycles. The first-order valence-electron chi connectivity index (χ1n) is 9.70. The first-order valence-corrected chi connectivity index (χ1v) is 11.3. The zero-order valence-corrected chi connectivity index (χ0v) is 17.7. The highest BCUT2D eigenvalue weighted by atomic mass is 32.2. The fourth-order valence-corrected chi connectivity index (χ4v) is 6.30. The van der Waals surface area contributed by atoms with Gasteiger partial charge in [-0.25, -0.2) is 0 Å². The van der Waals surface area contributed by atoms with Gasteiger partial charge in [0.15, 0.2) is 0 Å². The zero-order chi connectivity index (χ0) is 19.7. The Balaban J connectivity index is 1.43. The van der Waals surface area contributed by atoms with E-state index in [-0.39, 0.29) is 17.9 Å². The van der Waals surface area contributed by atoms with Gasteiger partial charge in [-0.15, -0.1) is 11.3 Å². The van der Waals surface area contributed by atoms with Crippen molar-refractivity contribution in [3.63, 3.8) is 0 Å². The number of para-hydroxylation sites is 1. The number of carbonyl (C=O) groups excluding carboxylic acids is 2. The molecule has 1 aromatic carbocycles. The molecule has 0 radical (unpaired) electrons. The van der Waals surface area contributed by atoms with Gasteiger partial charge < -0.3 is 10.6 Å². The molecule has 1 aromatic heterocycles. The van der Waals surface area contributed by atoms with Crippen molar-refractivity contribution in [2.75, 3.05) is 18.4 Å². The van der Waals surface area contributed by atoms with Crippen LogP contribution in [-0.2, 0) is 4.79 Å². The molecule has 2 N–H and O–H groups in total. The molecular formula is C21H25N3O2S2. The molecule has 2 bridgehead atoms. The summed E-state index contributed by atoms with van der Waals surface area (Å²) >= 11 is 3.07. The summed E-state index contributed by atoms with van der Waals surface area (Å²) < 4.78 is 1.03. The van der Waals surface area contributed by atoms with Gasteiger partial charge in [0.25, 0.3) is 5.91 Å². The van der Waals surface area contributed by atoms with Crippen LogP contribution in [-0.4, -0.2) is 41.9 Å². The molecule has 2 atom stereocenters. The van der Waals surface area contributed by atoms with E-state index in [1.165, 1.54) is 31.1 Å². The molecule has 2 aromatic rings. The third-order valence-corrected chi connectivity index (χ3v) is 7.98.